The van der Waals surface area contributed by atoms with Crippen LogP contribution in [0.25, 0.3) is 0 Å². The van der Waals surface area contributed by atoms with Crippen LogP contribution in [-0.2, 0) is 6.18 Å². The molecule has 2 aromatic heterocycles. The van der Waals surface area contributed by atoms with E-state index in [1.54, 1.807) is 31.2 Å². The molecule has 1 aromatic carbocycles. The van der Waals surface area contributed by atoms with Gasteiger partial charge in [0.05, 0.1) is 23.7 Å². The molecule has 1 atom stereocenters. The SMILES string of the molecule is Cc1nsc(Nc2cnc(C(F)(F)F)cn2)c1C(=O)Nc1ccc(C(=O)NCCN2CCCC(F)C2)cc1. The minimum absolute atomic E-state index is 0.0239. The Morgan fingerprint density at radius 3 is 2.55 bits per heavy atom. The van der Waals surface area contributed by atoms with E-state index in [-0.39, 0.29) is 22.3 Å². The second-order valence-electron chi connectivity index (χ2n) is 8.71. The van der Waals surface area contributed by atoms with Gasteiger partial charge in [-0.3, -0.25) is 14.5 Å². The van der Waals surface area contributed by atoms with Crippen LogP contribution in [0.1, 0.15) is 44.9 Å². The Kier molecular flexibility index (Phi) is 8.52. The lowest BCUT2D eigenvalue weighted by molar-refractivity contribution is -0.141. The van der Waals surface area contributed by atoms with Crippen molar-refractivity contribution in [3.63, 3.8) is 0 Å². The topological polar surface area (TPSA) is 112 Å². The van der Waals surface area contributed by atoms with E-state index in [0.717, 1.165) is 30.7 Å². The molecule has 0 spiro atoms. The van der Waals surface area contributed by atoms with Crippen molar-refractivity contribution in [1.82, 2.24) is 24.6 Å². The average Bonchev–Trinajstić information content (AvgIpc) is 3.24. The molecule has 38 heavy (non-hydrogen) atoms. The molecule has 14 heteroatoms. The number of anilines is 3. The predicted molar refractivity (Wildman–Crippen MR) is 134 cm³/mol. The maximum atomic E-state index is 13.5. The number of rotatable bonds is 8. The minimum atomic E-state index is -4.61. The number of aryl methyl sites for hydroxylation is 1. The summed E-state index contributed by atoms with van der Waals surface area (Å²) >= 11 is 0.955. The number of aromatic nitrogens is 3. The number of carbonyl (C=O) groups is 2. The highest BCUT2D eigenvalue weighted by Gasteiger charge is 2.33. The number of halogens is 4. The maximum absolute atomic E-state index is 13.5. The van der Waals surface area contributed by atoms with Gasteiger partial charge in [0.2, 0.25) is 0 Å². The fraction of sp³-hybridized carbons (Fsp3) is 0.375. The van der Waals surface area contributed by atoms with Crippen LogP contribution in [0.5, 0.6) is 0 Å². The van der Waals surface area contributed by atoms with Crippen molar-refractivity contribution in [2.24, 2.45) is 0 Å². The van der Waals surface area contributed by atoms with E-state index < -0.39 is 23.9 Å². The predicted octanol–water partition coefficient (Wildman–Crippen LogP) is 4.42. The van der Waals surface area contributed by atoms with Crippen LogP contribution in [0.4, 0.5) is 34.1 Å². The number of benzene rings is 1. The molecule has 1 saturated heterocycles. The summed E-state index contributed by atoms with van der Waals surface area (Å²) in [6.45, 7) is 3.80. The van der Waals surface area contributed by atoms with E-state index in [0.29, 0.717) is 49.2 Å². The Morgan fingerprint density at radius 2 is 1.89 bits per heavy atom. The quantitative estimate of drug-likeness (QED) is 0.356. The molecule has 3 heterocycles. The summed E-state index contributed by atoms with van der Waals surface area (Å²) in [5, 5.41) is 8.62. The van der Waals surface area contributed by atoms with E-state index in [1.807, 2.05) is 4.90 Å². The molecule has 0 bridgehead atoms. The number of amides is 2. The number of carbonyl (C=O) groups excluding carboxylic acids is 2. The van der Waals surface area contributed by atoms with Crippen molar-refractivity contribution >= 4 is 39.9 Å². The first kappa shape index (κ1) is 27.4. The lowest BCUT2D eigenvalue weighted by atomic mass is 10.1. The van der Waals surface area contributed by atoms with E-state index >= 15 is 0 Å². The molecular formula is C24H25F4N7O2S. The van der Waals surface area contributed by atoms with Gasteiger partial charge in [-0.05, 0) is 62.1 Å². The largest absolute Gasteiger partial charge is 0.434 e. The van der Waals surface area contributed by atoms with Gasteiger partial charge in [0.25, 0.3) is 11.8 Å². The fourth-order valence-corrected chi connectivity index (χ4v) is 4.71. The van der Waals surface area contributed by atoms with Gasteiger partial charge in [0.15, 0.2) is 5.69 Å². The normalized spacial score (nSPS) is 16.2. The van der Waals surface area contributed by atoms with Crippen molar-refractivity contribution in [3.8, 4) is 0 Å². The fourth-order valence-electron chi connectivity index (χ4n) is 3.91. The third kappa shape index (κ3) is 7.01. The van der Waals surface area contributed by atoms with Crippen molar-refractivity contribution in [3.05, 3.63) is 59.2 Å². The summed E-state index contributed by atoms with van der Waals surface area (Å²) in [5.41, 5.74) is 0.322. The van der Waals surface area contributed by atoms with E-state index in [2.05, 4.69) is 30.3 Å². The smallest absolute Gasteiger partial charge is 0.351 e. The Balaban J connectivity index is 1.33. The maximum Gasteiger partial charge on any atom is 0.434 e. The Labute approximate surface area is 219 Å². The second-order valence-corrected chi connectivity index (χ2v) is 9.48. The average molecular weight is 552 g/mol. The summed E-state index contributed by atoms with van der Waals surface area (Å²) in [6, 6.07) is 6.29. The highest BCUT2D eigenvalue weighted by atomic mass is 32.1. The molecule has 3 aromatic rings. The molecule has 9 nitrogen and oxygen atoms in total. The second kappa shape index (κ2) is 11.8. The highest BCUT2D eigenvalue weighted by Crippen LogP contribution is 2.30. The zero-order valence-corrected chi connectivity index (χ0v) is 21.1. The molecule has 1 fully saturated rings. The molecule has 1 aliphatic rings. The molecular weight excluding hydrogens is 526 g/mol. The van der Waals surface area contributed by atoms with Crippen molar-refractivity contribution < 1.29 is 27.2 Å². The zero-order valence-electron chi connectivity index (χ0n) is 20.3. The van der Waals surface area contributed by atoms with Gasteiger partial charge in [-0.2, -0.15) is 17.5 Å². The van der Waals surface area contributed by atoms with Crippen molar-refractivity contribution in [1.29, 1.82) is 0 Å². The lowest BCUT2D eigenvalue weighted by Gasteiger charge is -2.28. The van der Waals surface area contributed by atoms with Gasteiger partial charge >= 0.3 is 6.18 Å². The van der Waals surface area contributed by atoms with Crippen LogP contribution in [-0.4, -0.2) is 63.4 Å². The summed E-state index contributed by atoms with van der Waals surface area (Å²) < 4.78 is 55.8. The molecule has 0 saturated carbocycles. The van der Waals surface area contributed by atoms with Crippen LogP contribution in [0, 0.1) is 6.92 Å². The molecule has 202 valence electrons. The van der Waals surface area contributed by atoms with Crippen LogP contribution in [0.15, 0.2) is 36.7 Å². The molecule has 4 rings (SSSR count). The summed E-state index contributed by atoms with van der Waals surface area (Å²) in [5.74, 6) is -0.752. The standard InChI is InChI=1S/C24H25F4N7O2S/c1-14-20(23(38-34-14)33-19-12-30-18(11-31-19)24(26,27)28)22(37)32-17-6-4-15(5-7-17)21(36)29-8-10-35-9-2-3-16(25)13-35/h4-7,11-12,16H,2-3,8-10,13H2,1H3,(H,29,36)(H,31,33)(H,32,37). The van der Waals surface area contributed by atoms with Crippen LogP contribution >= 0.6 is 11.5 Å². The number of hydrogen-bond donors (Lipinski definition) is 3. The monoisotopic (exact) mass is 551 g/mol. The first-order valence-corrected chi connectivity index (χ1v) is 12.6. The summed E-state index contributed by atoms with van der Waals surface area (Å²) in [4.78, 5) is 34.4. The number of nitrogens with zero attached hydrogens (tertiary/aromatic N) is 4. The first-order valence-electron chi connectivity index (χ1n) is 11.8. The van der Waals surface area contributed by atoms with E-state index in [4.69, 9.17) is 0 Å². The Morgan fingerprint density at radius 1 is 1.13 bits per heavy atom. The van der Waals surface area contributed by atoms with Crippen LogP contribution in [0.3, 0.4) is 0 Å². The number of likely N-dealkylation sites (tertiary alicyclic amines) is 1. The van der Waals surface area contributed by atoms with E-state index in [1.165, 1.54) is 0 Å². The highest BCUT2D eigenvalue weighted by molar-refractivity contribution is 7.10. The molecule has 0 radical (unpaired) electrons. The minimum Gasteiger partial charge on any atom is -0.351 e. The van der Waals surface area contributed by atoms with Gasteiger partial charge in [-0.1, -0.05) is 0 Å². The third-order valence-electron chi connectivity index (χ3n) is 5.84. The molecule has 1 unspecified atom stereocenters. The Hall–Kier alpha value is -3.65. The van der Waals surface area contributed by atoms with Gasteiger partial charge in [0, 0.05) is 30.9 Å². The molecule has 3 N–H and O–H groups in total. The third-order valence-corrected chi connectivity index (χ3v) is 6.69. The first-order chi connectivity index (χ1) is 18.1. The zero-order chi connectivity index (χ0) is 27.3. The van der Waals surface area contributed by atoms with Crippen molar-refractivity contribution in [2.75, 3.05) is 36.8 Å². The number of alkyl halides is 4. The number of piperidine rings is 1. The number of hydrogen-bond acceptors (Lipinski definition) is 8. The molecule has 0 aliphatic carbocycles. The van der Waals surface area contributed by atoms with Crippen LogP contribution < -0.4 is 16.0 Å². The molecule has 2 amide bonds. The lowest BCUT2D eigenvalue weighted by Crippen LogP contribution is -2.41. The van der Waals surface area contributed by atoms with Gasteiger partial charge < -0.3 is 16.0 Å². The summed E-state index contributed by atoms with van der Waals surface area (Å²) in [7, 11) is 0. The number of nitrogens with one attached hydrogen (secondary N) is 3. The Bertz CT molecular complexity index is 1270. The van der Waals surface area contributed by atoms with Gasteiger partial charge in [-0.25, -0.2) is 14.4 Å². The van der Waals surface area contributed by atoms with E-state index in [9.17, 15) is 27.2 Å². The van der Waals surface area contributed by atoms with Gasteiger partial charge in [0.1, 0.15) is 17.0 Å². The van der Waals surface area contributed by atoms with Crippen molar-refractivity contribution in [2.45, 2.75) is 32.1 Å². The van der Waals surface area contributed by atoms with Crippen LogP contribution in [0.2, 0.25) is 0 Å². The summed E-state index contributed by atoms with van der Waals surface area (Å²) in [6.07, 6.45) is -2.51. The van der Waals surface area contributed by atoms with Gasteiger partial charge in [-0.15, -0.1) is 0 Å². The molecule has 1 aliphatic heterocycles.